The molecular formula is C9H9F2N5. The first kappa shape index (κ1) is 9.59. The number of H-pyrrole nitrogens is 1. The van der Waals surface area contributed by atoms with Crippen LogP contribution in [0.5, 0.6) is 0 Å². The van der Waals surface area contributed by atoms with Crippen molar-refractivity contribution in [1.29, 1.82) is 0 Å². The second-order valence-electron chi connectivity index (χ2n) is 4.26. The van der Waals surface area contributed by atoms with E-state index in [1.165, 1.54) is 6.20 Å². The molecule has 1 saturated carbocycles. The van der Waals surface area contributed by atoms with E-state index in [4.69, 9.17) is 5.73 Å². The fourth-order valence-electron chi connectivity index (χ4n) is 2.09. The maximum absolute atomic E-state index is 12.8. The number of aromatic nitrogens is 4. The Labute approximate surface area is 89.0 Å². The topological polar surface area (TPSA) is 80.5 Å². The van der Waals surface area contributed by atoms with Gasteiger partial charge in [-0.25, -0.2) is 13.8 Å². The molecule has 84 valence electrons. The van der Waals surface area contributed by atoms with Crippen molar-refractivity contribution in [3.63, 3.8) is 0 Å². The molecule has 0 bridgehead atoms. The van der Waals surface area contributed by atoms with Crippen LogP contribution in [-0.2, 0) is 5.54 Å². The highest BCUT2D eigenvalue weighted by molar-refractivity contribution is 5.69. The van der Waals surface area contributed by atoms with Crippen LogP contribution in [0.25, 0.3) is 11.2 Å². The molecule has 3 N–H and O–H groups in total. The number of aromatic amines is 1. The van der Waals surface area contributed by atoms with Crippen LogP contribution in [0.3, 0.4) is 0 Å². The second-order valence-corrected chi connectivity index (χ2v) is 4.26. The quantitative estimate of drug-likeness (QED) is 0.756. The van der Waals surface area contributed by atoms with Gasteiger partial charge in [-0.05, 0) is 11.6 Å². The van der Waals surface area contributed by atoms with Crippen LogP contribution in [0, 0.1) is 0 Å². The highest BCUT2D eigenvalue weighted by Crippen LogP contribution is 2.49. The molecule has 0 saturated heterocycles. The highest BCUT2D eigenvalue weighted by Gasteiger charge is 2.55. The van der Waals surface area contributed by atoms with Crippen LogP contribution in [0.2, 0.25) is 0 Å². The molecule has 0 atom stereocenters. The van der Waals surface area contributed by atoms with Crippen molar-refractivity contribution in [2.24, 2.45) is 5.73 Å². The Kier molecular flexibility index (Phi) is 1.64. The maximum Gasteiger partial charge on any atom is 0.252 e. The summed E-state index contributed by atoms with van der Waals surface area (Å²) in [6.45, 7) is 0. The third-order valence-corrected chi connectivity index (χ3v) is 2.90. The third-order valence-electron chi connectivity index (χ3n) is 2.90. The number of nitrogens with two attached hydrogens (primary N) is 1. The van der Waals surface area contributed by atoms with Crippen LogP contribution in [0.1, 0.15) is 18.4 Å². The lowest BCUT2D eigenvalue weighted by molar-refractivity contribution is -0.125. The summed E-state index contributed by atoms with van der Waals surface area (Å²) in [6.07, 6.45) is 0.802. The first-order valence-corrected chi connectivity index (χ1v) is 4.82. The summed E-state index contributed by atoms with van der Waals surface area (Å²) in [4.78, 5) is 4.01. The number of halogens is 2. The molecule has 7 heteroatoms. The van der Waals surface area contributed by atoms with Gasteiger partial charge in [-0.3, -0.25) is 0 Å². The van der Waals surface area contributed by atoms with Gasteiger partial charge in [0.05, 0.1) is 5.54 Å². The summed E-state index contributed by atoms with van der Waals surface area (Å²) >= 11 is 0. The predicted octanol–water partition coefficient (Wildman–Crippen LogP) is 0.936. The zero-order chi connectivity index (χ0) is 11.4. The highest BCUT2D eigenvalue weighted by atomic mass is 19.3. The number of alkyl halides is 2. The number of hydrogen-bond donors (Lipinski definition) is 2. The molecule has 2 aromatic heterocycles. The Balaban J connectivity index is 2.00. The predicted molar refractivity (Wildman–Crippen MR) is 51.7 cm³/mol. The Morgan fingerprint density at radius 1 is 1.31 bits per heavy atom. The SMILES string of the molecule is NC1(c2cnc3n[nH]nc3c2)CC(F)(F)C1. The second kappa shape index (κ2) is 2.73. The van der Waals surface area contributed by atoms with Crippen molar-refractivity contribution in [3.05, 3.63) is 17.8 Å². The molecule has 1 fully saturated rings. The Bertz CT molecular complexity index is 542. The zero-order valence-corrected chi connectivity index (χ0v) is 8.24. The average Bonchev–Trinajstić information content (AvgIpc) is 2.60. The van der Waals surface area contributed by atoms with Crippen LogP contribution in [-0.4, -0.2) is 26.3 Å². The molecular weight excluding hydrogens is 216 g/mol. The van der Waals surface area contributed by atoms with Crippen LogP contribution in [0.4, 0.5) is 8.78 Å². The lowest BCUT2D eigenvalue weighted by atomic mass is 9.70. The average molecular weight is 225 g/mol. The van der Waals surface area contributed by atoms with E-state index >= 15 is 0 Å². The van der Waals surface area contributed by atoms with E-state index in [-0.39, 0.29) is 12.8 Å². The minimum Gasteiger partial charge on any atom is -0.321 e. The van der Waals surface area contributed by atoms with Crippen molar-refractivity contribution in [3.8, 4) is 0 Å². The van der Waals surface area contributed by atoms with Gasteiger partial charge in [0.15, 0.2) is 0 Å². The molecule has 0 spiro atoms. The maximum atomic E-state index is 12.8. The van der Waals surface area contributed by atoms with Gasteiger partial charge in [0, 0.05) is 19.0 Å². The molecule has 3 rings (SSSR count). The normalized spacial score (nSPS) is 21.9. The first-order valence-electron chi connectivity index (χ1n) is 4.82. The minimum absolute atomic E-state index is 0.342. The zero-order valence-electron chi connectivity index (χ0n) is 8.24. The molecule has 1 aliphatic carbocycles. The fraction of sp³-hybridized carbons (Fsp3) is 0.444. The summed E-state index contributed by atoms with van der Waals surface area (Å²) < 4.78 is 25.7. The molecule has 2 heterocycles. The number of nitrogens with zero attached hydrogens (tertiary/aromatic N) is 3. The molecule has 5 nitrogen and oxygen atoms in total. The largest absolute Gasteiger partial charge is 0.321 e. The Morgan fingerprint density at radius 2 is 2.06 bits per heavy atom. The van der Waals surface area contributed by atoms with E-state index in [1.807, 2.05) is 0 Å². The standard InChI is InChI=1S/C9H9F2N5/c10-9(11)3-8(12,4-9)5-1-6-7(13-2-5)15-16-14-6/h1-2H,3-4,12H2,(H,13,14,15,16). The lowest BCUT2D eigenvalue weighted by Crippen LogP contribution is -2.55. The summed E-state index contributed by atoms with van der Waals surface area (Å²) in [5.74, 6) is -2.66. The minimum atomic E-state index is -2.66. The van der Waals surface area contributed by atoms with Gasteiger partial charge in [-0.1, -0.05) is 0 Å². The van der Waals surface area contributed by atoms with Crippen molar-refractivity contribution >= 4 is 11.2 Å². The van der Waals surface area contributed by atoms with Gasteiger partial charge >= 0.3 is 0 Å². The van der Waals surface area contributed by atoms with Gasteiger partial charge < -0.3 is 5.73 Å². The van der Waals surface area contributed by atoms with Crippen molar-refractivity contribution in [1.82, 2.24) is 20.4 Å². The fourth-order valence-corrected chi connectivity index (χ4v) is 2.09. The van der Waals surface area contributed by atoms with E-state index in [0.29, 0.717) is 16.7 Å². The van der Waals surface area contributed by atoms with Crippen molar-refractivity contribution < 1.29 is 8.78 Å². The summed E-state index contributed by atoms with van der Waals surface area (Å²) in [7, 11) is 0. The smallest absolute Gasteiger partial charge is 0.252 e. The number of fused-ring (bicyclic) bond motifs is 1. The Morgan fingerprint density at radius 3 is 2.75 bits per heavy atom. The van der Waals surface area contributed by atoms with Crippen molar-refractivity contribution in [2.75, 3.05) is 0 Å². The van der Waals surface area contributed by atoms with E-state index < -0.39 is 11.5 Å². The summed E-state index contributed by atoms with van der Waals surface area (Å²) in [6, 6.07) is 1.65. The number of rotatable bonds is 1. The van der Waals surface area contributed by atoms with Gasteiger partial charge in [0.1, 0.15) is 5.52 Å². The van der Waals surface area contributed by atoms with Gasteiger partial charge in [0.2, 0.25) is 5.65 Å². The number of hydrogen-bond acceptors (Lipinski definition) is 4. The van der Waals surface area contributed by atoms with E-state index in [9.17, 15) is 8.78 Å². The molecule has 2 aromatic rings. The third kappa shape index (κ3) is 1.28. The van der Waals surface area contributed by atoms with Gasteiger partial charge in [-0.2, -0.15) is 10.3 Å². The van der Waals surface area contributed by atoms with Gasteiger partial charge in [0.25, 0.3) is 5.92 Å². The van der Waals surface area contributed by atoms with Crippen LogP contribution < -0.4 is 5.73 Å². The first-order chi connectivity index (χ1) is 7.49. The molecule has 0 amide bonds. The van der Waals surface area contributed by atoms with E-state index in [2.05, 4.69) is 20.4 Å². The molecule has 0 unspecified atom stereocenters. The number of nitrogens with one attached hydrogen (secondary N) is 1. The summed E-state index contributed by atoms with van der Waals surface area (Å²) in [5.41, 5.74) is 6.48. The molecule has 0 aliphatic heterocycles. The Hall–Kier alpha value is -1.63. The molecule has 0 radical (unpaired) electrons. The van der Waals surface area contributed by atoms with E-state index in [0.717, 1.165) is 0 Å². The molecule has 16 heavy (non-hydrogen) atoms. The molecule has 0 aromatic carbocycles. The monoisotopic (exact) mass is 225 g/mol. The lowest BCUT2D eigenvalue weighted by Gasteiger charge is -2.44. The van der Waals surface area contributed by atoms with E-state index in [1.54, 1.807) is 6.07 Å². The number of pyridine rings is 1. The van der Waals surface area contributed by atoms with Crippen molar-refractivity contribution in [2.45, 2.75) is 24.3 Å². The van der Waals surface area contributed by atoms with Crippen LogP contribution in [0.15, 0.2) is 12.3 Å². The van der Waals surface area contributed by atoms with Crippen LogP contribution >= 0.6 is 0 Å². The molecule has 1 aliphatic rings. The summed E-state index contributed by atoms with van der Waals surface area (Å²) in [5, 5.41) is 10.0. The van der Waals surface area contributed by atoms with Gasteiger partial charge in [-0.15, -0.1) is 5.10 Å².